The van der Waals surface area contributed by atoms with Crippen LogP contribution in [-0.2, 0) is 14.4 Å². The van der Waals surface area contributed by atoms with Gasteiger partial charge in [0.15, 0.2) is 0 Å². The van der Waals surface area contributed by atoms with Crippen molar-refractivity contribution in [1.82, 2.24) is 0 Å². The van der Waals surface area contributed by atoms with Crippen molar-refractivity contribution in [3.63, 3.8) is 0 Å². The van der Waals surface area contributed by atoms with Gasteiger partial charge < -0.3 is 20.4 Å². The molecule has 0 aromatic carbocycles. The van der Waals surface area contributed by atoms with Crippen molar-refractivity contribution in [2.24, 2.45) is 0 Å². The second-order valence-corrected chi connectivity index (χ2v) is 11.8. The van der Waals surface area contributed by atoms with Gasteiger partial charge in [-0.25, -0.2) is 0 Å². The zero-order chi connectivity index (χ0) is 30.8. The summed E-state index contributed by atoms with van der Waals surface area (Å²) in [7, 11) is 0. The molecule has 0 fully saturated rings. The van der Waals surface area contributed by atoms with E-state index >= 15 is 0 Å². The molecule has 7 heteroatoms. The third-order valence-electron chi connectivity index (χ3n) is 7.60. The number of aliphatic carboxylic acids is 3. The second kappa shape index (κ2) is 34.6. The molecule has 244 valence electrons. The normalized spacial score (nSPS) is 11.6. The summed E-state index contributed by atoms with van der Waals surface area (Å²) in [5.74, 6) is -2.05. The summed E-state index contributed by atoms with van der Waals surface area (Å²) in [5.41, 5.74) is 0. The number of carboxylic acids is 3. The minimum absolute atomic E-state index is 0.0853. The molecular formula is C34H66O7. The van der Waals surface area contributed by atoms with E-state index in [1.54, 1.807) is 0 Å². The molecule has 0 bridgehead atoms. The van der Waals surface area contributed by atoms with Gasteiger partial charge in [-0.15, -0.1) is 0 Å². The molecule has 0 aliphatic rings. The van der Waals surface area contributed by atoms with Crippen molar-refractivity contribution in [2.45, 2.75) is 199 Å². The first-order valence-electron chi connectivity index (χ1n) is 17.1. The van der Waals surface area contributed by atoms with E-state index in [-0.39, 0.29) is 6.10 Å². The Hall–Kier alpha value is -1.63. The highest BCUT2D eigenvalue weighted by molar-refractivity contribution is 5.67. The SMILES string of the molecule is CCCCCCC(O)CCCCCCCCCCC(=O)O.O=C(O)CCCCCCCCCCCCCCC(=O)O. The van der Waals surface area contributed by atoms with Crippen molar-refractivity contribution in [3.05, 3.63) is 0 Å². The van der Waals surface area contributed by atoms with Crippen LogP contribution in [0.4, 0.5) is 0 Å². The molecule has 0 aliphatic heterocycles. The maximum absolute atomic E-state index is 10.3. The molecule has 0 spiro atoms. The predicted octanol–water partition coefficient (Wildman–Crippen LogP) is 9.92. The van der Waals surface area contributed by atoms with Crippen LogP contribution in [0.15, 0.2) is 0 Å². The minimum atomic E-state index is -0.687. The highest BCUT2D eigenvalue weighted by atomic mass is 16.4. The summed E-state index contributed by atoms with van der Waals surface area (Å²) >= 11 is 0. The first kappa shape index (κ1) is 41.5. The van der Waals surface area contributed by atoms with E-state index in [0.29, 0.717) is 19.3 Å². The average molecular weight is 587 g/mol. The maximum Gasteiger partial charge on any atom is 0.303 e. The Balaban J connectivity index is 0. The van der Waals surface area contributed by atoms with Crippen LogP contribution in [0.5, 0.6) is 0 Å². The Labute approximate surface area is 251 Å². The molecule has 4 N–H and O–H groups in total. The zero-order valence-corrected chi connectivity index (χ0v) is 26.6. The molecule has 7 nitrogen and oxygen atoms in total. The number of hydrogen-bond donors (Lipinski definition) is 4. The van der Waals surface area contributed by atoms with Crippen LogP contribution in [0.3, 0.4) is 0 Å². The van der Waals surface area contributed by atoms with E-state index in [1.165, 1.54) is 89.9 Å². The van der Waals surface area contributed by atoms with Gasteiger partial charge in [0.1, 0.15) is 0 Å². The van der Waals surface area contributed by atoms with Gasteiger partial charge in [-0.3, -0.25) is 14.4 Å². The average Bonchev–Trinajstić information content (AvgIpc) is 2.92. The standard InChI is InChI=1S/C18H36O3.C16H30O4/c1-2-3-4-11-14-17(19)15-12-9-7-5-6-8-10-13-16-18(20)21;17-15(18)13-11-9-7-5-3-1-2-4-6-8-10-12-14-16(19)20/h17,19H,2-16H2,1H3,(H,20,21);1-14H2,(H,17,18)(H,19,20). The monoisotopic (exact) mass is 586 g/mol. The third kappa shape index (κ3) is 43.0. The van der Waals surface area contributed by atoms with E-state index < -0.39 is 17.9 Å². The molecule has 0 aliphatic carbocycles. The van der Waals surface area contributed by atoms with Gasteiger partial charge in [0.25, 0.3) is 0 Å². The third-order valence-corrected chi connectivity index (χ3v) is 7.60. The zero-order valence-electron chi connectivity index (χ0n) is 26.6. The molecule has 1 atom stereocenters. The smallest absolute Gasteiger partial charge is 0.303 e. The number of carbonyl (C=O) groups is 3. The number of rotatable bonds is 31. The van der Waals surface area contributed by atoms with E-state index in [0.717, 1.165) is 77.0 Å². The van der Waals surface area contributed by atoms with Gasteiger partial charge >= 0.3 is 17.9 Å². The quantitative estimate of drug-likeness (QED) is 0.0594. The van der Waals surface area contributed by atoms with Crippen molar-refractivity contribution < 1.29 is 34.8 Å². The minimum Gasteiger partial charge on any atom is -0.481 e. The van der Waals surface area contributed by atoms with Gasteiger partial charge in [0, 0.05) is 19.3 Å². The fourth-order valence-electron chi connectivity index (χ4n) is 4.99. The Morgan fingerprint density at radius 3 is 0.854 bits per heavy atom. The van der Waals surface area contributed by atoms with Crippen LogP contribution in [0.25, 0.3) is 0 Å². The van der Waals surface area contributed by atoms with E-state index in [2.05, 4.69) is 6.92 Å². The fourth-order valence-corrected chi connectivity index (χ4v) is 4.99. The lowest BCUT2D eigenvalue weighted by molar-refractivity contribution is -0.138. The van der Waals surface area contributed by atoms with E-state index in [9.17, 15) is 19.5 Å². The molecule has 0 aromatic rings. The summed E-state index contributed by atoms with van der Waals surface area (Å²) in [6.45, 7) is 2.21. The summed E-state index contributed by atoms with van der Waals surface area (Å²) in [6.07, 6.45) is 30.4. The Bertz CT molecular complexity index is 553. The van der Waals surface area contributed by atoms with Crippen LogP contribution in [-0.4, -0.2) is 44.4 Å². The van der Waals surface area contributed by atoms with Gasteiger partial charge in [-0.05, 0) is 32.1 Å². The first-order valence-corrected chi connectivity index (χ1v) is 17.1. The first-order chi connectivity index (χ1) is 19.8. The number of hydrogen-bond acceptors (Lipinski definition) is 4. The number of carboxylic acid groups (broad SMARTS) is 3. The van der Waals surface area contributed by atoms with Crippen molar-refractivity contribution in [2.75, 3.05) is 0 Å². The summed E-state index contributed by atoms with van der Waals surface area (Å²) in [4.78, 5) is 30.9. The molecule has 0 saturated heterocycles. The topological polar surface area (TPSA) is 132 Å². The summed E-state index contributed by atoms with van der Waals surface area (Å²) in [5, 5.41) is 35.3. The van der Waals surface area contributed by atoms with Crippen LogP contribution in [0.2, 0.25) is 0 Å². The van der Waals surface area contributed by atoms with Crippen LogP contribution >= 0.6 is 0 Å². The molecule has 0 aromatic heterocycles. The van der Waals surface area contributed by atoms with Gasteiger partial charge in [-0.1, -0.05) is 142 Å². The van der Waals surface area contributed by atoms with Crippen molar-refractivity contribution >= 4 is 17.9 Å². The predicted molar refractivity (Wildman–Crippen MR) is 168 cm³/mol. The molecule has 41 heavy (non-hydrogen) atoms. The number of unbranched alkanes of at least 4 members (excludes halogenated alkanes) is 21. The van der Waals surface area contributed by atoms with Gasteiger partial charge in [0.05, 0.1) is 6.10 Å². The number of aliphatic hydroxyl groups is 1. The van der Waals surface area contributed by atoms with Crippen LogP contribution in [0, 0.1) is 0 Å². The lowest BCUT2D eigenvalue weighted by Gasteiger charge is -2.10. The summed E-state index contributed by atoms with van der Waals surface area (Å²) in [6, 6.07) is 0. The Kier molecular flexibility index (Phi) is 35.0. The lowest BCUT2D eigenvalue weighted by atomic mass is 10.0. The molecule has 0 amide bonds. The molecule has 0 saturated carbocycles. The highest BCUT2D eigenvalue weighted by Crippen LogP contribution is 2.15. The van der Waals surface area contributed by atoms with Gasteiger partial charge in [-0.2, -0.15) is 0 Å². The van der Waals surface area contributed by atoms with E-state index in [4.69, 9.17) is 15.3 Å². The summed E-state index contributed by atoms with van der Waals surface area (Å²) < 4.78 is 0. The number of aliphatic hydroxyl groups excluding tert-OH is 1. The molecular weight excluding hydrogens is 520 g/mol. The van der Waals surface area contributed by atoms with E-state index in [1.807, 2.05) is 0 Å². The highest BCUT2D eigenvalue weighted by Gasteiger charge is 2.04. The van der Waals surface area contributed by atoms with Crippen molar-refractivity contribution in [1.29, 1.82) is 0 Å². The largest absolute Gasteiger partial charge is 0.481 e. The Morgan fingerprint density at radius 2 is 0.610 bits per heavy atom. The fraction of sp³-hybridized carbons (Fsp3) is 0.912. The molecule has 0 heterocycles. The van der Waals surface area contributed by atoms with Crippen LogP contribution in [0.1, 0.15) is 193 Å². The molecule has 0 rings (SSSR count). The maximum atomic E-state index is 10.3. The van der Waals surface area contributed by atoms with Crippen LogP contribution < -0.4 is 0 Å². The molecule has 1 unspecified atom stereocenters. The Morgan fingerprint density at radius 1 is 0.390 bits per heavy atom. The van der Waals surface area contributed by atoms with Crippen molar-refractivity contribution in [3.8, 4) is 0 Å². The second-order valence-electron chi connectivity index (χ2n) is 11.8. The van der Waals surface area contributed by atoms with Gasteiger partial charge in [0.2, 0.25) is 0 Å². The lowest BCUT2D eigenvalue weighted by Crippen LogP contribution is -2.05. The molecule has 0 radical (unpaired) electrons.